The second kappa shape index (κ2) is 14.2. The molecule has 5 aliphatic carbocycles. The molecule has 2 saturated heterocycles. The van der Waals surface area contributed by atoms with Gasteiger partial charge in [-0.1, -0.05) is 60.1 Å². The molecule has 8 N–H and O–H groups in total. The number of carbonyl (C=O) groups is 1. The van der Waals surface area contributed by atoms with Crippen LogP contribution in [0.5, 0.6) is 0 Å². The maximum Gasteiger partial charge on any atom is 0.310 e. The van der Waals surface area contributed by atoms with Crippen LogP contribution in [-0.4, -0.2) is 128 Å². The van der Waals surface area contributed by atoms with Crippen LogP contribution in [0.25, 0.3) is 0 Å². The van der Waals surface area contributed by atoms with Gasteiger partial charge in [-0.15, -0.1) is 0 Å². The van der Waals surface area contributed by atoms with E-state index in [0.717, 1.165) is 57.8 Å². The molecule has 55 heavy (non-hydrogen) atoms. The summed E-state index contributed by atoms with van der Waals surface area (Å²) in [5.74, 6) is 0.0564. The van der Waals surface area contributed by atoms with Crippen LogP contribution in [0, 0.1) is 50.2 Å². The first-order valence-electron chi connectivity index (χ1n) is 20.8. The number of rotatable bonds is 7. The van der Waals surface area contributed by atoms with E-state index in [-0.39, 0.29) is 45.0 Å². The number of aliphatic carboxylic acids is 1. The Labute approximate surface area is 325 Å². The number of ether oxygens (including phenoxy) is 4. The maximum atomic E-state index is 13.0. The Morgan fingerprint density at radius 1 is 0.727 bits per heavy atom. The zero-order chi connectivity index (χ0) is 40.3. The van der Waals surface area contributed by atoms with E-state index in [1.165, 1.54) is 5.57 Å². The van der Waals surface area contributed by atoms with Crippen LogP contribution in [0.2, 0.25) is 0 Å². The van der Waals surface area contributed by atoms with E-state index >= 15 is 0 Å². The van der Waals surface area contributed by atoms with E-state index in [1.54, 1.807) is 0 Å². The molecule has 13 heteroatoms. The largest absolute Gasteiger partial charge is 0.481 e. The Bertz CT molecular complexity index is 1480. The summed E-state index contributed by atoms with van der Waals surface area (Å²) < 4.78 is 24.0. The highest BCUT2D eigenvalue weighted by atomic mass is 16.7. The SMILES string of the molecule is CC1(C)CC[C@]2(C(=O)O)CC[C@]3(C)C(=CC[C@@H]4[C@@]5(C)CCC(O[C@@H]6O[C@H](CO)[C@@H](O)[C@H](O[C@@H]7O[C@H](CO)[C@@H](O)[C@H](O)[C@H]7O)[C@H]6O)C(C)(C)[C@@H]5CC[C@]43C)[C@@H]2C1. The van der Waals surface area contributed by atoms with Gasteiger partial charge in [0, 0.05) is 0 Å². The standard InChI is InChI=1S/C42H68O13/c1-37(2)14-16-42(36(50)51)17-15-40(6)21(22(42)18-37)8-9-26-39(5)12-11-27(38(3,4)25(39)10-13-41(26,40)7)54-35-32(49)33(29(46)24(20-44)53-35)55-34-31(48)30(47)28(45)23(19-43)52-34/h8,22-35,43-49H,9-20H2,1-7H3,(H,50,51)/t22-,23+,24+,25-,26+,27?,28+,29+,30-,31+,32+,33-,34-,35-,39-,40+,41+,42-/m0/s1. The van der Waals surface area contributed by atoms with Crippen molar-refractivity contribution in [1.29, 1.82) is 0 Å². The lowest BCUT2D eigenvalue weighted by molar-refractivity contribution is -0.369. The molecule has 2 heterocycles. The minimum absolute atomic E-state index is 0.0134. The quantitative estimate of drug-likeness (QED) is 0.138. The molecule has 7 aliphatic rings. The summed E-state index contributed by atoms with van der Waals surface area (Å²) in [6, 6.07) is 0. The third-order valence-corrected chi connectivity index (χ3v) is 17.3. The lowest BCUT2D eigenvalue weighted by Gasteiger charge is -2.71. The van der Waals surface area contributed by atoms with Crippen molar-refractivity contribution in [3.8, 4) is 0 Å². The number of aliphatic hydroxyl groups is 7. The van der Waals surface area contributed by atoms with Gasteiger partial charge in [0.25, 0.3) is 0 Å². The first-order chi connectivity index (χ1) is 25.6. The highest BCUT2D eigenvalue weighted by Gasteiger charge is 2.69. The zero-order valence-corrected chi connectivity index (χ0v) is 33.8. The Balaban J connectivity index is 1.12. The van der Waals surface area contributed by atoms with Crippen molar-refractivity contribution >= 4 is 5.97 Å². The van der Waals surface area contributed by atoms with Crippen molar-refractivity contribution in [2.75, 3.05) is 13.2 Å². The van der Waals surface area contributed by atoms with Gasteiger partial charge in [0.2, 0.25) is 0 Å². The zero-order valence-electron chi connectivity index (χ0n) is 33.8. The molecule has 2 aliphatic heterocycles. The number of hydrogen-bond donors (Lipinski definition) is 8. The van der Waals surface area contributed by atoms with Crippen LogP contribution in [0.3, 0.4) is 0 Å². The normalized spacial score (nSPS) is 53.2. The molecule has 0 radical (unpaired) electrons. The van der Waals surface area contributed by atoms with Crippen molar-refractivity contribution in [3.05, 3.63) is 11.6 Å². The fourth-order valence-corrected chi connectivity index (χ4v) is 13.7. The van der Waals surface area contributed by atoms with E-state index in [2.05, 4.69) is 54.5 Å². The topological polar surface area (TPSA) is 216 Å². The summed E-state index contributed by atoms with van der Waals surface area (Å²) in [6.45, 7) is 15.1. The summed E-state index contributed by atoms with van der Waals surface area (Å²) in [5, 5.41) is 84.4. The molecular formula is C42H68O13. The van der Waals surface area contributed by atoms with E-state index in [9.17, 15) is 45.6 Å². The Morgan fingerprint density at radius 2 is 1.35 bits per heavy atom. The summed E-state index contributed by atoms with van der Waals surface area (Å²) >= 11 is 0. The molecule has 0 aromatic carbocycles. The first kappa shape index (κ1) is 41.9. The molecule has 0 amide bonds. The number of carboxylic acids is 1. The highest BCUT2D eigenvalue weighted by Crippen LogP contribution is 2.76. The summed E-state index contributed by atoms with van der Waals surface area (Å²) in [4.78, 5) is 13.0. The van der Waals surface area contributed by atoms with E-state index < -0.39 is 86.0 Å². The van der Waals surface area contributed by atoms with Gasteiger partial charge < -0.3 is 59.8 Å². The van der Waals surface area contributed by atoms with E-state index in [4.69, 9.17) is 18.9 Å². The number of hydrogen-bond acceptors (Lipinski definition) is 12. The van der Waals surface area contributed by atoms with Crippen molar-refractivity contribution in [2.45, 2.75) is 180 Å². The fourth-order valence-electron chi connectivity index (χ4n) is 13.7. The van der Waals surface area contributed by atoms with Crippen LogP contribution < -0.4 is 0 Å². The van der Waals surface area contributed by atoms with Crippen LogP contribution >= 0.6 is 0 Å². The van der Waals surface area contributed by atoms with Crippen molar-refractivity contribution in [2.24, 2.45) is 50.2 Å². The van der Waals surface area contributed by atoms with Gasteiger partial charge in [0.1, 0.15) is 48.8 Å². The molecule has 0 aromatic heterocycles. The minimum Gasteiger partial charge on any atom is -0.481 e. The van der Waals surface area contributed by atoms with Gasteiger partial charge in [0.05, 0.1) is 24.7 Å². The van der Waals surface area contributed by atoms with Crippen LogP contribution in [-0.2, 0) is 23.7 Å². The smallest absolute Gasteiger partial charge is 0.310 e. The summed E-state index contributed by atoms with van der Waals surface area (Å²) in [5.41, 5.74) is 0.283. The molecule has 1 unspecified atom stereocenters. The number of allylic oxidation sites excluding steroid dienone is 2. The van der Waals surface area contributed by atoms with Gasteiger partial charge in [-0.3, -0.25) is 4.79 Å². The van der Waals surface area contributed by atoms with Gasteiger partial charge in [-0.25, -0.2) is 0 Å². The lowest BCUT2D eigenvalue weighted by atomic mass is 9.33. The minimum atomic E-state index is -1.75. The predicted octanol–water partition coefficient (Wildman–Crippen LogP) is 2.88. The molecule has 13 nitrogen and oxygen atoms in total. The van der Waals surface area contributed by atoms with Gasteiger partial charge in [-0.05, 0) is 109 Å². The number of aliphatic hydroxyl groups excluding tert-OH is 7. The molecule has 18 atom stereocenters. The molecular weight excluding hydrogens is 712 g/mol. The maximum absolute atomic E-state index is 13.0. The van der Waals surface area contributed by atoms with Crippen LogP contribution in [0.4, 0.5) is 0 Å². The monoisotopic (exact) mass is 780 g/mol. The van der Waals surface area contributed by atoms with Gasteiger partial charge in [0.15, 0.2) is 12.6 Å². The number of carboxylic acid groups (broad SMARTS) is 1. The molecule has 0 aromatic rings. The second-order valence-corrected chi connectivity index (χ2v) is 20.7. The van der Waals surface area contributed by atoms with Crippen LogP contribution in [0.1, 0.15) is 113 Å². The second-order valence-electron chi connectivity index (χ2n) is 20.7. The molecule has 314 valence electrons. The third kappa shape index (κ3) is 6.23. The Hall–Kier alpha value is -1.23. The van der Waals surface area contributed by atoms with Crippen molar-refractivity contribution in [1.82, 2.24) is 0 Å². The average molecular weight is 781 g/mol. The third-order valence-electron chi connectivity index (χ3n) is 17.3. The summed E-state index contributed by atoms with van der Waals surface area (Å²) in [6.07, 6.45) is -4.35. The first-order valence-corrected chi connectivity index (χ1v) is 20.8. The Morgan fingerprint density at radius 3 is 1.98 bits per heavy atom. The molecule has 7 rings (SSSR count). The molecule has 6 fully saturated rings. The van der Waals surface area contributed by atoms with Crippen LogP contribution in [0.15, 0.2) is 11.6 Å². The Kier molecular flexibility index (Phi) is 10.8. The van der Waals surface area contributed by atoms with E-state index in [0.29, 0.717) is 12.3 Å². The predicted molar refractivity (Wildman–Crippen MR) is 198 cm³/mol. The van der Waals surface area contributed by atoms with Gasteiger partial charge in [-0.2, -0.15) is 0 Å². The average Bonchev–Trinajstić information content (AvgIpc) is 3.12. The molecule has 0 bridgehead atoms. The van der Waals surface area contributed by atoms with Crippen molar-refractivity contribution in [3.63, 3.8) is 0 Å². The van der Waals surface area contributed by atoms with E-state index in [1.807, 2.05) is 0 Å². The fraction of sp³-hybridized carbons (Fsp3) is 0.929. The van der Waals surface area contributed by atoms with Gasteiger partial charge >= 0.3 is 5.97 Å². The van der Waals surface area contributed by atoms with Crippen molar-refractivity contribution < 1.29 is 64.6 Å². The molecule has 0 spiro atoms. The lowest BCUT2D eigenvalue weighted by Crippen LogP contribution is -2.67. The highest BCUT2D eigenvalue weighted by molar-refractivity contribution is 5.76. The number of fused-ring (bicyclic) bond motifs is 7. The molecule has 4 saturated carbocycles. The summed E-state index contributed by atoms with van der Waals surface area (Å²) in [7, 11) is 0.